The van der Waals surface area contributed by atoms with Crippen LogP contribution in [0.4, 0.5) is 0 Å². The van der Waals surface area contributed by atoms with E-state index in [1.54, 1.807) is 6.07 Å². The van der Waals surface area contributed by atoms with Gasteiger partial charge in [-0.3, -0.25) is 30.0 Å². The summed E-state index contributed by atoms with van der Waals surface area (Å²) in [6.07, 6.45) is 0. The molecule has 1 aliphatic rings. The van der Waals surface area contributed by atoms with Crippen molar-refractivity contribution in [3.8, 4) is 11.5 Å². The lowest BCUT2D eigenvalue weighted by Crippen LogP contribution is -2.47. The van der Waals surface area contributed by atoms with E-state index in [0.29, 0.717) is 16.5 Å². The first-order chi connectivity index (χ1) is 14.8. The lowest BCUT2D eigenvalue weighted by molar-refractivity contribution is -0.125. The molecular formula is C19H16Cl2N4O6. The third-order valence-corrected chi connectivity index (χ3v) is 4.53. The van der Waals surface area contributed by atoms with Crippen molar-refractivity contribution in [2.45, 2.75) is 0 Å². The first kappa shape index (κ1) is 22.2. The third-order valence-electron chi connectivity index (χ3n) is 3.98. The summed E-state index contributed by atoms with van der Waals surface area (Å²) in [6, 6.07) is 8.87. The number of amides is 4. The zero-order valence-electron chi connectivity index (χ0n) is 15.8. The fraction of sp³-hybridized carbons (Fsp3) is 0.158. The molecule has 0 saturated carbocycles. The van der Waals surface area contributed by atoms with Crippen molar-refractivity contribution in [2.75, 3.05) is 19.9 Å². The van der Waals surface area contributed by atoms with Crippen molar-refractivity contribution >= 4 is 46.8 Å². The Balaban J connectivity index is 1.37. The molecule has 0 atom stereocenters. The van der Waals surface area contributed by atoms with Crippen LogP contribution in [0.3, 0.4) is 0 Å². The molecule has 0 aliphatic carbocycles. The quantitative estimate of drug-likeness (QED) is 0.469. The molecule has 12 heteroatoms. The predicted octanol–water partition coefficient (Wildman–Crippen LogP) is 1.03. The molecule has 2 aromatic carbocycles. The van der Waals surface area contributed by atoms with Gasteiger partial charge in [-0.1, -0.05) is 23.2 Å². The standard InChI is InChI=1S/C19H16Cl2N4O6/c20-11-2-3-12(13(21)6-11)19(29)23-7-16(26)22-8-17(27)24-25-18(28)10-1-4-14-15(5-10)31-9-30-14/h1-6H,7-9H2,(H,22,26)(H,23,29)(H,24,27)(H,25,28). The van der Waals surface area contributed by atoms with E-state index in [9.17, 15) is 19.2 Å². The second-order valence-corrected chi connectivity index (χ2v) is 7.00. The largest absolute Gasteiger partial charge is 0.454 e. The van der Waals surface area contributed by atoms with E-state index in [4.69, 9.17) is 32.7 Å². The Kier molecular flexibility index (Phi) is 7.16. The summed E-state index contributed by atoms with van der Waals surface area (Å²) in [4.78, 5) is 47.7. The number of nitrogens with one attached hydrogen (secondary N) is 4. The molecule has 162 valence electrons. The molecule has 0 radical (unpaired) electrons. The number of rotatable bonds is 6. The van der Waals surface area contributed by atoms with Gasteiger partial charge >= 0.3 is 0 Å². The molecule has 2 aromatic rings. The van der Waals surface area contributed by atoms with Crippen LogP contribution in [0.5, 0.6) is 11.5 Å². The highest BCUT2D eigenvalue weighted by Gasteiger charge is 2.17. The maximum absolute atomic E-state index is 12.1. The second kappa shape index (κ2) is 10.0. The SMILES string of the molecule is O=C(CNC(=O)c1ccc(Cl)cc1Cl)NCC(=O)NNC(=O)c1ccc2c(c1)OCO2. The molecule has 3 rings (SSSR count). The van der Waals surface area contributed by atoms with Crippen molar-refractivity contribution in [2.24, 2.45) is 0 Å². The summed E-state index contributed by atoms with van der Waals surface area (Å²) in [5.74, 6) is -1.49. The normalized spacial score (nSPS) is 11.4. The van der Waals surface area contributed by atoms with Crippen molar-refractivity contribution in [3.63, 3.8) is 0 Å². The molecule has 1 heterocycles. The Hall–Kier alpha value is -3.50. The minimum absolute atomic E-state index is 0.0734. The zero-order valence-corrected chi connectivity index (χ0v) is 17.3. The number of hydrazine groups is 1. The monoisotopic (exact) mass is 466 g/mol. The van der Waals surface area contributed by atoms with Gasteiger partial charge in [0.15, 0.2) is 11.5 Å². The summed E-state index contributed by atoms with van der Waals surface area (Å²) >= 11 is 11.7. The topological polar surface area (TPSA) is 135 Å². The van der Waals surface area contributed by atoms with Crippen LogP contribution in [0, 0.1) is 0 Å². The third kappa shape index (κ3) is 6.00. The maximum atomic E-state index is 12.1. The predicted molar refractivity (Wildman–Crippen MR) is 110 cm³/mol. The zero-order chi connectivity index (χ0) is 22.4. The van der Waals surface area contributed by atoms with Gasteiger partial charge in [0.25, 0.3) is 17.7 Å². The summed E-state index contributed by atoms with van der Waals surface area (Å²) in [6.45, 7) is -0.726. The van der Waals surface area contributed by atoms with Crippen molar-refractivity contribution in [3.05, 3.63) is 57.6 Å². The number of hydrogen-bond acceptors (Lipinski definition) is 6. The van der Waals surface area contributed by atoms with Crippen LogP contribution >= 0.6 is 23.2 Å². The molecule has 0 spiro atoms. The summed E-state index contributed by atoms with van der Waals surface area (Å²) in [5.41, 5.74) is 4.78. The Morgan fingerprint density at radius 1 is 0.806 bits per heavy atom. The minimum atomic E-state index is -0.672. The van der Waals surface area contributed by atoms with Crippen LogP contribution in [0.15, 0.2) is 36.4 Å². The van der Waals surface area contributed by atoms with Crippen molar-refractivity contribution < 1.29 is 28.7 Å². The number of hydrogen-bond donors (Lipinski definition) is 4. The first-order valence-corrected chi connectivity index (χ1v) is 9.58. The van der Waals surface area contributed by atoms with Crippen LogP contribution in [-0.4, -0.2) is 43.5 Å². The average molecular weight is 467 g/mol. The number of benzene rings is 2. The van der Waals surface area contributed by atoms with E-state index in [0.717, 1.165) is 0 Å². The molecule has 0 aromatic heterocycles. The molecule has 0 saturated heterocycles. The van der Waals surface area contributed by atoms with Gasteiger partial charge in [-0.15, -0.1) is 0 Å². The first-order valence-electron chi connectivity index (χ1n) is 8.82. The van der Waals surface area contributed by atoms with Gasteiger partial charge in [0.1, 0.15) is 0 Å². The molecular weight excluding hydrogens is 451 g/mol. The van der Waals surface area contributed by atoms with Crippen LogP contribution in [0.2, 0.25) is 10.0 Å². The van der Waals surface area contributed by atoms with E-state index in [2.05, 4.69) is 21.5 Å². The fourth-order valence-corrected chi connectivity index (χ4v) is 2.95. The molecule has 4 amide bonds. The molecule has 0 fully saturated rings. The number of carbonyl (C=O) groups excluding carboxylic acids is 4. The molecule has 1 aliphatic heterocycles. The van der Waals surface area contributed by atoms with Crippen molar-refractivity contribution in [1.82, 2.24) is 21.5 Å². The van der Waals surface area contributed by atoms with Crippen LogP contribution in [-0.2, 0) is 9.59 Å². The highest BCUT2D eigenvalue weighted by Crippen LogP contribution is 2.32. The summed E-state index contributed by atoms with van der Waals surface area (Å²) in [5, 5.41) is 5.19. The lowest BCUT2D eigenvalue weighted by Gasteiger charge is -2.10. The van der Waals surface area contributed by atoms with Gasteiger partial charge in [0.2, 0.25) is 12.7 Å². The lowest BCUT2D eigenvalue weighted by atomic mass is 10.2. The van der Waals surface area contributed by atoms with Crippen LogP contribution < -0.4 is 31.0 Å². The van der Waals surface area contributed by atoms with E-state index in [-0.39, 0.29) is 29.5 Å². The number of carbonyl (C=O) groups is 4. The van der Waals surface area contributed by atoms with Gasteiger partial charge in [-0.2, -0.15) is 0 Å². The number of halogens is 2. The Morgan fingerprint density at radius 2 is 1.55 bits per heavy atom. The Morgan fingerprint density at radius 3 is 2.32 bits per heavy atom. The Labute approximate surface area is 186 Å². The van der Waals surface area contributed by atoms with Crippen molar-refractivity contribution in [1.29, 1.82) is 0 Å². The van der Waals surface area contributed by atoms with Gasteiger partial charge in [0, 0.05) is 10.6 Å². The average Bonchev–Trinajstić information content (AvgIpc) is 3.22. The number of ether oxygens (including phenoxy) is 2. The van der Waals surface area contributed by atoms with Gasteiger partial charge < -0.3 is 20.1 Å². The van der Waals surface area contributed by atoms with E-state index < -0.39 is 30.2 Å². The van der Waals surface area contributed by atoms with Crippen LogP contribution in [0.25, 0.3) is 0 Å². The van der Waals surface area contributed by atoms with E-state index in [1.807, 2.05) is 0 Å². The smallest absolute Gasteiger partial charge is 0.269 e. The molecule has 0 unspecified atom stereocenters. The minimum Gasteiger partial charge on any atom is -0.454 e. The fourth-order valence-electron chi connectivity index (χ4n) is 2.45. The van der Waals surface area contributed by atoms with E-state index >= 15 is 0 Å². The summed E-state index contributed by atoms with van der Waals surface area (Å²) in [7, 11) is 0. The summed E-state index contributed by atoms with van der Waals surface area (Å²) < 4.78 is 10.3. The van der Waals surface area contributed by atoms with Gasteiger partial charge in [-0.05, 0) is 36.4 Å². The van der Waals surface area contributed by atoms with Gasteiger partial charge in [0.05, 0.1) is 23.7 Å². The highest BCUT2D eigenvalue weighted by molar-refractivity contribution is 6.36. The highest BCUT2D eigenvalue weighted by atomic mass is 35.5. The van der Waals surface area contributed by atoms with E-state index in [1.165, 1.54) is 30.3 Å². The maximum Gasteiger partial charge on any atom is 0.269 e. The molecule has 0 bridgehead atoms. The molecule has 31 heavy (non-hydrogen) atoms. The van der Waals surface area contributed by atoms with Crippen LogP contribution in [0.1, 0.15) is 20.7 Å². The second-order valence-electron chi connectivity index (χ2n) is 6.15. The van der Waals surface area contributed by atoms with Gasteiger partial charge in [-0.25, -0.2) is 0 Å². The Bertz CT molecular complexity index is 1050. The molecule has 10 nitrogen and oxygen atoms in total. The number of fused-ring (bicyclic) bond motifs is 1. The molecule has 4 N–H and O–H groups in total.